The number of rotatable bonds is 6. The Labute approximate surface area is 193 Å². The highest BCUT2D eigenvalue weighted by molar-refractivity contribution is 6.33. The second kappa shape index (κ2) is 9.21. The van der Waals surface area contributed by atoms with Crippen molar-refractivity contribution >= 4 is 45.7 Å². The number of aromatic nitrogens is 1. The van der Waals surface area contributed by atoms with Gasteiger partial charge in [0.2, 0.25) is 11.3 Å². The molecule has 0 aliphatic carbocycles. The summed E-state index contributed by atoms with van der Waals surface area (Å²) in [6.07, 6.45) is -4.92. The van der Waals surface area contributed by atoms with Crippen LogP contribution in [0, 0.1) is 5.82 Å². The van der Waals surface area contributed by atoms with E-state index in [2.05, 4.69) is 20.4 Å². The van der Waals surface area contributed by atoms with Crippen molar-refractivity contribution in [1.82, 2.24) is 4.98 Å². The summed E-state index contributed by atoms with van der Waals surface area (Å²) in [5.74, 6) is -4.10. The number of nitrogens with one attached hydrogen (secondary N) is 3. The number of alkyl halides is 3. The number of ketones is 1. The molecule has 0 radical (unpaired) electrons. The van der Waals surface area contributed by atoms with Gasteiger partial charge < -0.3 is 25.5 Å². The second-order valence-corrected chi connectivity index (χ2v) is 7.54. The Morgan fingerprint density at radius 1 is 1.24 bits per heavy atom. The van der Waals surface area contributed by atoms with E-state index in [9.17, 15) is 37.1 Å². The molecule has 0 aliphatic heterocycles. The van der Waals surface area contributed by atoms with Crippen LogP contribution in [0.4, 0.5) is 29.1 Å². The van der Waals surface area contributed by atoms with Gasteiger partial charge in [-0.25, -0.2) is 4.39 Å². The predicted molar refractivity (Wildman–Crippen MR) is 116 cm³/mol. The molecule has 0 spiro atoms. The molecule has 34 heavy (non-hydrogen) atoms. The molecule has 1 atom stereocenters. The van der Waals surface area contributed by atoms with Gasteiger partial charge in [-0.05, 0) is 32.0 Å². The Balaban J connectivity index is 1.92. The first kappa shape index (κ1) is 24.8. The summed E-state index contributed by atoms with van der Waals surface area (Å²) in [5, 5.41) is 14.1. The summed E-state index contributed by atoms with van der Waals surface area (Å²) in [7, 11) is 0. The van der Waals surface area contributed by atoms with Crippen LogP contribution in [0.25, 0.3) is 10.9 Å². The maximum absolute atomic E-state index is 14.4. The molecule has 3 rings (SSSR count). The number of benzene rings is 2. The zero-order valence-electron chi connectivity index (χ0n) is 17.4. The van der Waals surface area contributed by atoms with Gasteiger partial charge >= 0.3 is 6.36 Å². The fraction of sp³-hybridized carbons (Fsp3) is 0.190. The standard InChI is InChI=1S/C21H16ClF4N3O5/c1-8(20(33)28-10-4-3-5-11(6-10)34-21(24,25)26)27-19-14(9(2)30)18(32)15-16(29-19)13(23)7-12(22)17(15)31/h3-8,31H,1-2H3,(H,28,33)(H2,27,29,32)/t8-/m0/s1. The number of carbonyl (C=O) groups is 2. The number of hydrogen-bond donors (Lipinski definition) is 4. The van der Waals surface area contributed by atoms with Crippen LogP contribution >= 0.6 is 11.6 Å². The number of anilines is 2. The lowest BCUT2D eigenvalue weighted by molar-refractivity contribution is -0.274. The maximum Gasteiger partial charge on any atom is 0.573 e. The van der Waals surface area contributed by atoms with E-state index in [0.717, 1.165) is 25.1 Å². The number of phenols is 1. The number of ether oxygens (including phenoxy) is 1. The minimum atomic E-state index is -4.92. The molecule has 0 aliphatic rings. The molecular weight excluding hydrogens is 486 g/mol. The van der Waals surface area contributed by atoms with Gasteiger partial charge in [0, 0.05) is 11.8 Å². The Morgan fingerprint density at radius 3 is 2.53 bits per heavy atom. The molecule has 3 aromatic rings. The van der Waals surface area contributed by atoms with Crippen LogP contribution in [0.3, 0.4) is 0 Å². The summed E-state index contributed by atoms with van der Waals surface area (Å²) in [6, 6.07) is 4.12. The highest BCUT2D eigenvalue weighted by Gasteiger charge is 2.31. The average molecular weight is 502 g/mol. The molecule has 0 saturated heterocycles. The lowest BCUT2D eigenvalue weighted by Crippen LogP contribution is -2.34. The van der Waals surface area contributed by atoms with E-state index in [1.54, 1.807) is 0 Å². The number of H-pyrrole nitrogens is 1. The molecule has 0 saturated carbocycles. The number of aromatic amines is 1. The third-order valence-corrected chi connectivity index (χ3v) is 4.89. The number of phenolic OH excluding ortho intramolecular Hbond substituents is 1. The number of hydrogen-bond acceptors (Lipinski definition) is 6. The Bertz CT molecular complexity index is 1360. The van der Waals surface area contributed by atoms with Gasteiger partial charge in [0.1, 0.15) is 34.7 Å². The molecule has 180 valence electrons. The molecule has 8 nitrogen and oxygen atoms in total. The van der Waals surface area contributed by atoms with E-state index >= 15 is 0 Å². The molecule has 1 heterocycles. The van der Waals surface area contributed by atoms with Gasteiger partial charge in [-0.1, -0.05) is 17.7 Å². The van der Waals surface area contributed by atoms with E-state index in [1.807, 2.05) is 0 Å². The van der Waals surface area contributed by atoms with Crippen molar-refractivity contribution in [2.24, 2.45) is 0 Å². The van der Waals surface area contributed by atoms with Crippen molar-refractivity contribution in [1.29, 1.82) is 0 Å². The van der Waals surface area contributed by atoms with Crippen molar-refractivity contribution in [3.63, 3.8) is 0 Å². The number of aromatic hydroxyl groups is 1. The molecule has 0 fully saturated rings. The van der Waals surface area contributed by atoms with Crippen LogP contribution in [0.2, 0.25) is 5.02 Å². The first-order valence-electron chi connectivity index (χ1n) is 9.49. The van der Waals surface area contributed by atoms with Crippen LogP contribution in [0.1, 0.15) is 24.2 Å². The zero-order chi connectivity index (χ0) is 25.4. The van der Waals surface area contributed by atoms with Crippen LogP contribution in [0.5, 0.6) is 11.5 Å². The molecule has 4 N–H and O–H groups in total. The molecule has 0 unspecified atom stereocenters. The highest BCUT2D eigenvalue weighted by Crippen LogP contribution is 2.33. The molecule has 2 aromatic carbocycles. The summed E-state index contributed by atoms with van der Waals surface area (Å²) >= 11 is 5.72. The lowest BCUT2D eigenvalue weighted by atomic mass is 10.1. The highest BCUT2D eigenvalue weighted by atomic mass is 35.5. The van der Waals surface area contributed by atoms with Crippen molar-refractivity contribution in [3.8, 4) is 11.5 Å². The fourth-order valence-corrected chi connectivity index (χ4v) is 3.32. The van der Waals surface area contributed by atoms with Crippen molar-refractivity contribution in [2.45, 2.75) is 26.3 Å². The van der Waals surface area contributed by atoms with E-state index in [0.29, 0.717) is 0 Å². The van der Waals surface area contributed by atoms with Gasteiger partial charge in [0.25, 0.3) is 0 Å². The van der Waals surface area contributed by atoms with E-state index in [4.69, 9.17) is 11.6 Å². The summed E-state index contributed by atoms with van der Waals surface area (Å²) in [5.41, 5.74) is -1.99. The molecule has 1 aromatic heterocycles. The SMILES string of the molecule is CC(=O)c1c(N[C@@H](C)C(=O)Nc2cccc(OC(F)(F)F)c2)[nH]c2c(F)cc(Cl)c(O)c2c1=O. The smallest absolute Gasteiger partial charge is 0.506 e. The number of amides is 1. The number of fused-ring (bicyclic) bond motifs is 1. The third-order valence-electron chi connectivity index (χ3n) is 4.60. The van der Waals surface area contributed by atoms with E-state index < -0.39 is 68.3 Å². The summed E-state index contributed by atoms with van der Waals surface area (Å²) in [4.78, 5) is 40.0. The normalized spacial score (nSPS) is 12.3. The number of Topliss-reactive ketones (excluding diaryl/α,β-unsaturated/α-hetero) is 1. The van der Waals surface area contributed by atoms with Crippen molar-refractivity contribution in [2.75, 3.05) is 10.6 Å². The largest absolute Gasteiger partial charge is 0.573 e. The van der Waals surface area contributed by atoms with Crippen molar-refractivity contribution < 1.29 is 37.0 Å². The zero-order valence-corrected chi connectivity index (χ0v) is 18.2. The van der Waals surface area contributed by atoms with Crippen LogP contribution in [0.15, 0.2) is 35.1 Å². The van der Waals surface area contributed by atoms with Gasteiger partial charge in [-0.15, -0.1) is 13.2 Å². The minimum Gasteiger partial charge on any atom is -0.506 e. The van der Waals surface area contributed by atoms with Crippen LogP contribution in [-0.2, 0) is 4.79 Å². The Hall–Kier alpha value is -3.80. The molecule has 0 bridgehead atoms. The van der Waals surface area contributed by atoms with E-state index in [-0.39, 0.29) is 11.5 Å². The number of carbonyl (C=O) groups excluding carboxylic acids is 2. The molecule has 13 heteroatoms. The topological polar surface area (TPSA) is 121 Å². The molecule has 1 amide bonds. The molecular formula is C21H16ClF4N3O5. The fourth-order valence-electron chi connectivity index (χ4n) is 3.13. The predicted octanol–water partition coefficient (Wildman–Crippen LogP) is 4.57. The lowest BCUT2D eigenvalue weighted by Gasteiger charge is -2.18. The summed E-state index contributed by atoms with van der Waals surface area (Å²) < 4.78 is 55.4. The van der Waals surface area contributed by atoms with E-state index in [1.165, 1.54) is 19.1 Å². The van der Waals surface area contributed by atoms with Crippen LogP contribution < -0.4 is 20.8 Å². The van der Waals surface area contributed by atoms with Gasteiger partial charge in [0.05, 0.1) is 15.9 Å². The first-order valence-corrected chi connectivity index (χ1v) is 9.87. The Morgan fingerprint density at radius 2 is 1.91 bits per heavy atom. The van der Waals surface area contributed by atoms with Gasteiger partial charge in [-0.2, -0.15) is 0 Å². The van der Waals surface area contributed by atoms with Crippen LogP contribution in [-0.4, -0.2) is 34.2 Å². The first-order chi connectivity index (χ1) is 15.8. The average Bonchev–Trinajstić information content (AvgIpc) is 2.70. The Kier molecular flexibility index (Phi) is 6.73. The second-order valence-electron chi connectivity index (χ2n) is 7.13. The number of halogens is 5. The number of pyridine rings is 1. The van der Waals surface area contributed by atoms with Crippen molar-refractivity contribution in [3.05, 3.63) is 57.0 Å². The quantitative estimate of drug-likeness (QED) is 0.290. The summed E-state index contributed by atoms with van der Waals surface area (Å²) in [6.45, 7) is 2.38. The maximum atomic E-state index is 14.4. The monoisotopic (exact) mass is 501 g/mol. The minimum absolute atomic E-state index is 0.0233. The van der Waals surface area contributed by atoms with Gasteiger partial charge in [-0.3, -0.25) is 14.4 Å². The third kappa shape index (κ3) is 5.22. The van der Waals surface area contributed by atoms with Gasteiger partial charge in [0.15, 0.2) is 5.78 Å².